The zero-order chi connectivity index (χ0) is 17.6. The monoisotopic (exact) mass is 368 g/mol. The first-order valence-corrected chi connectivity index (χ1v) is 8.38. The number of hydrogen-bond donors (Lipinski definition) is 0. The Balaban J connectivity index is 1.64. The molecule has 2 nitrogen and oxygen atoms in total. The molecule has 0 aliphatic rings. The standard InChI is InChI=1S/C21H14Cl2O2/c22-19-12-6-15(14-20(19)23)7-13-21(24)25-18-10-8-17(9-11-18)16-4-2-1-3-5-16/h1-14H/b13-7+. The topological polar surface area (TPSA) is 26.3 Å². The molecule has 0 aliphatic carbocycles. The van der Waals surface area contributed by atoms with E-state index in [1.54, 1.807) is 36.4 Å². The SMILES string of the molecule is O=C(/C=C/c1ccc(Cl)c(Cl)c1)Oc1ccc(-c2ccccc2)cc1. The zero-order valence-electron chi connectivity index (χ0n) is 13.2. The molecule has 0 spiro atoms. The van der Waals surface area contributed by atoms with Gasteiger partial charge in [-0.3, -0.25) is 0 Å². The minimum absolute atomic E-state index is 0.439. The van der Waals surface area contributed by atoms with E-state index in [2.05, 4.69) is 0 Å². The van der Waals surface area contributed by atoms with Gasteiger partial charge in [0.2, 0.25) is 0 Å². The van der Waals surface area contributed by atoms with Crippen molar-refractivity contribution in [3.8, 4) is 16.9 Å². The van der Waals surface area contributed by atoms with Gasteiger partial charge in [0.15, 0.2) is 0 Å². The summed E-state index contributed by atoms with van der Waals surface area (Å²) in [4.78, 5) is 11.9. The van der Waals surface area contributed by atoms with Crippen LogP contribution in [0.15, 0.2) is 78.9 Å². The minimum atomic E-state index is -0.460. The fraction of sp³-hybridized carbons (Fsp3) is 0. The Morgan fingerprint density at radius 1 is 0.800 bits per heavy atom. The van der Waals surface area contributed by atoms with Gasteiger partial charge in [-0.25, -0.2) is 4.79 Å². The van der Waals surface area contributed by atoms with Crippen molar-refractivity contribution in [2.75, 3.05) is 0 Å². The molecule has 3 aromatic carbocycles. The summed E-state index contributed by atoms with van der Waals surface area (Å²) in [5.41, 5.74) is 2.94. The number of ether oxygens (including phenoxy) is 1. The molecule has 25 heavy (non-hydrogen) atoms. The summed E-state index contributed by atoms with van der Waals surface area (Å²) in [6, 6.07) is 22.5. The summed E-state index contributed by atoms with van der Waals surface area (Å²) in [6.45, 7) is 0. The lowest BCUT2D eigenvalue weighted by atomic mass is 10.1. The number of halogens is 2. The molecule has 0 radical (unpaired) electrons. The molecule has 0 bridgehead atoms. The maximum atomic E-state index is 11.9. The lowest BCUT2D eigenvalue weighted by molar-refractivity contribution is -0.128. The summed E-state index contributed by atoms with van der Waals surface area (Å²) < 4.78 is 5.30. The second-order valence-corrected chi connectivity index (χ2v) is 6.13. The van der Waals surface area contributed by atoms with Gasteiger partial charge in [0.25, 0.3) is 0 Å². The van der Waals surface area contributed by atoms with Crippen LogP contribution in [0, 0.1) is 0 Å². The van der Waals surface area contributed by atoms with Gasteiger partial charge in [-0.2, -0.15) is 0 Å². The van der Waals surface area contributed by atoms with Crippen LogP contribution in [0.3, 0.4) is 0 Å². The number of rotatable bonds is 4. The molecule has 3 aromatic rings. The highest BCUT2D eigenvalue weighted by molar-refractivity contribution is 6.42. The molecule has 0 aliphatic heterocycles. The van der Waals surface area contributed by atoms with Gasteiger partial charge >= 0.3 is 5.97 Å². The van der Waals surface area contributed by atoms with Crippen molar-refractivity contribution in [2.24, 2.45) is 0 Å². The number of benzene rings is 3. The van der Waals surface area contributed by atoms with Gasteiger partial charge in [-0.15, -0.1) is 0 Å². The van der Waals surface area contributed by atoms with E-state index in [4.69, 9.17) is 27.9 Å². The van der Waals surface area contributed by atoms with Crippen LogP contribution in [0.25, 0.3) is 17.2 Å². The van der Waals surface area contributed by atoms with Gasteiger partial charge in [0, 0.05) is 6.08 Å². The van der Waals surface area contributed by atoms with Gasteiger partial charge in [-0.1, -0.05) is 71.7 Å². The molecule has 0 N–H and O–H groups in total. The molecule has 0 atom stereocenters. The normalized spacial score (nSPS) is 10.8. The Morgan fingerprint density at radius 3 is 2.16 bits per heavy atom. The van der Waals surface area contributed by atoms with E-state index in [9.17, 15) is 4.79 Å². The Hall–Kier alpha value is -2.55. The predicted octanol–water partition coefficient (Wildman–Crippen LogP) is 6.28. The van der Waals surface area contributed by atoms with Crippen molar-refractivity contribution in [3.63, 3.8) is 0 Å². The molecule has 0 unspecified atom stereocenters. The Morgan fingerprint density at radius 2 is 1.48 bits per heavy atom. The smallest absolute Gasteiger partial charge is 0.336 e. The van der Waals surface area contributed by atoms with Crippen LogP contribution >= 0.6 is 23.2 Å². The van der Waals surface area contributed by atoms with Crippen LogP contribution < -0.4 is 4.74 Å². The summed E-state index contributed by atoms with van der Waals surface area (Å²) in [5, 5.41) is 0.911. The average molecular weight is 369 g/mol. The number of esters is 1. The highest BCUT2D eigenvalue weighted by Gasteiger charge is 2.03. The second-order valence-electron chi connectivity index (χ2n) is 5.32. The number of carbonyl (C=O) groups excluding carboxylic acids is 1. The first-order valence-electron chi connectivity index (χ1n) is 7.62. The Labute approximate surface area is 156 Å². The quantitative estimate of drug-likeness (QED) is 0.307. The average Bonchev–Trinajstić information content (AvgIpc) is 2.64. The van der Waals surface area contributed by atoms with E-state index in [1.165, 1.54) is 6.08 Å². The van der Waals surface area contributed by atoms with Gasteiger partial charge < -0.3 is 4.74 Å². The molecule has 124 valence electrons. The van der Waals surface area contributed by atoms with Crippen LogP contribution in [0.2, 0.25) is 10.0 Å². The minimum Gasteiger partial charge on any atom is -0.423 e. The molecular formula is C21H14Cl2O2. The van der Waals surface area contributed by atoms with Crippen molar-refractivity contribution in [3.05, 3.63) is 94.5 Å². The summed E-state index contributed by atoms with van der Waals surface area (Å²) in [5.74, 6) is 0.0296. The molecule has 0 fully saturated rings. The van der Waals surface area contributed by atoms with Crippen molar-refractivity contribution in [2.45, 2.75) is 0 Å². The first-order chi connectivity index (χ1) is 12.1. The zero-order valence-corrected chi connectivity index (χ0v) is 14.7. The maximum absolute atomic E-state index is 11.9. The van der Waals surface area contributed by atoms with E-state index in [1.807, 2.05) is 42.5 Å². The van der Waals surface area contributed by atoms with Gasteiger partial charge in [0.05, 0.1) is 10.0 Å². The van der Waals surface area contributed by atoms with Gasteiger partial charge in [0.1, 0.15) is 5.75 Å². The molecule has 0 amide bonds. The molecule has 0 saturated carbocycles. The van der Waals surface area contributed by atoms with Crippen molar-refractivity contribution >= 4 is 35.2 Å². The predicted molar refractivity (Wildman–Crippen MR) is 103 cm³/mol. The van der Waals surface area contributed by atoms with Gasteiger partial charge in [-0.05, 0) is 47.0 Å². The molecular weight excluding hydrogens is 355 g/mol. The largest absolute Gasteiger partial charge is 0.423 e. The molecule has 4 heteroatoms. The van der Waals surface area contributed by atoms with Crippen LogP contribution in [-0.4, -0.2) is 5.97 Å². The van der Waals surface area contributed by atoms with E-state index >= 15 is 0 Å². The number of hydrogen-bond acceptors (Lipinski definition) is 2. The van der Waals surface area contributed by atoms with Crippen LogP contribution in [0.1, 0.15) is 5.56 Å². The van der Waals surface area contributed by atoms with Crippen LogP contribution in [0.4, 0.5) is 0 Å². The van der Waals surface area contributed by atoms with E-state index in [0.29, 0.717) is 15.8 Å². The van der Waals surface area contributed by atoms with Crippen molar-refractivity contribution in [1.82, 2.24) is 0 Å². The molecule has 0 heterocycles. The summed E-state index contributed by atoms with van der Waals surface area (Å²) in [6.07, 6.45) is 2.98. The Bertz CT molecular complexity index is 901. The van der Waals surface area contributed by atoms with Crippen LogP contribution in [-0.2, 0) is 4.79 Å². The highest BCUT2D eigenvalue weighted by Crippen LogP contribution is 2.24. The fourth-order valence-corrected chi connectivity index (χ4v) is 2.58. The van der Waals surface area contributed by atoms with Crippen LogP contribution in [0.5, 0.6) is 5.75 Å². The third-order valence-electron chi connectivity index (χ3n) is 3.54. The molecule has 0 aromatic heterocycles. The van der Waals surface area contributed by atoms with E-state index in [-0.39, 0.29) is 0 Å². The van der Waals surface area contributed by atoms with E-state index < -0.39 is 5.97 Å². The maximum Gasteiger partial charge on any atom is 0.336 e. The number of carbonyl (C=O) groups is 1. The highest BCUT2D eigenvalue weighted by atomic mass is 35.5. The van der Waals surface area contributed by atoms with E-state index in [0.717, 1.165) is 16.7 Å². The fourth-order valence-electron chi connectivity index (χ4n) is 2.28. The summed E-state index contributed by atoms with van der Waals surface area (Å²) in [7, 11) is 0. The third-order valence-corrected chi connectivity index (χ3v) is 4.27. The van der Waals surface area contributed by atoms with Crippen molar-refractivity contribution in [1.29, 1.82) is 0 Å². The van der Waals surface area contributed by atoms with Crippen molar-refractivity contribution < 1.29 is 9.53 Å². The molecule has 3 rings (SSSR count). The lowest BCUT2D eigenvalue weighted by Gasteiger charge is -2.04. The second kappa shape index (κ2) is 8.02. The molecule has 0 saturated heterocycles. The first kappa shape index (κ1) is 17.3. The third kappa shape index (κ3) is 4.72. The summed E-state index contributed by atoms with van der Waals surface area (Å²) >= 11 is 11.8. The lowest BCUT2D eigenvalue weighted by Crippen LogP contribution is -2.03. The Kier molecular flexibility index (Phi) is 5.54.